The second-order valence-electron chi connectivity index (χ2n) is 1.93. The van der Waals surface area contributed by atoms with Gasteiger partial charge in [0.1, 0.15) is 5.56 Å². The van der Waals surface area contributed by atoms with E-state index in [1.54, 1.807) is 6.92 Å². The van der Waals surface area contributed by atoms with Gasteiger partial charge in [0.2, 0.25) is 0 Å². The predicted octanol–water partition coefficient (Wildman–Crippen LogP) is 0.296. The highest BCUT2D eigenvalue weighted by molar-refractivity contribution is 5.95. The molecule has 0 fully saturated rings. The van der Waals surface area contributed by atoms with E-state index in [0.29, 0.717) is 6.42 Å². The number of ketones is 1. The minimum absolute atomic E-state index is 0.137. The van der Waals surface area contributed by atoms with Gasteiger partial charge in [0, 0.05) is 12.6 Å². The number of carbonyl (C=O) groups is 1. The van der Waals surface area contributed by atoms with Crippen molar-refractivity contribution >= 4 is 5.78 Å². The van der Waals surface area contributed by atoms with Crippen LogP contribution in [0, 0.1) is 0 Å². The molecule has 2 N–H and O–H groups in total. The summed E-state index contributed by atoms with van der Waals surface area (Å²) in [5.74, 6) is -0.137. The van der Waals surface area contributed by atoms with E-state index < -0.39 is 0 Å². The van der Waals surface area contributed by atoms with Crippen molar-refractivity contribution in [3.05, 3.63) is 22.1 Å². The number of Topliss-reactive ketones (excluding diaryl/α,β-unsaturated/α-hetero) is 1. The molecule has 0 aromatic carbocycles. The van der Waals surface area contributed by atoms with E-state index in [1.165, 1.54) is 6.20 Å². The van der Waals surface area contributed by atoms with Crippen molar-refractivity contribution in [2.75, 3.05) is 0 Å². The first-order valence-corrected chi connectivity index (χ1v) is 3.05. The average Bonchev–Trinajstić information content (AvgIpc) is 2.34. The highest BCUT2D eigenvalue weighted by Crippen LogP contribution is 1.92. The molecule has 0 saturated heterocycles. The summed E-state index contributed by atoms with van der Waals surface area (Å²) in [6.07, 6.45) is 1.75. The summed E-state index contributed by atoms with van der Waals surface area (Å²) in [7, 11) is 0. The molecule has 0 aliphatic heterocycles. The molecule has 0 saturated carbocycles. The lowest BCUT2D eigenvalue weighted by Gasteiger charge is -1.84. The second kappa shape index (κ2) is 2.51. The maximum Gasteiger partial charge on any atom is 0.274 e. The molecule has 4 nitrogen and oxygen atoms in total. The summed E-state index contributed by atoms with van der Waals surface area (Å²) >= 11 is 0. The van der Waals surface area contributed by atoms with Gasteiger partial charge in [-0.1, -0.05) is 6.92 Å². The zero-order chi connectivity index (χ0) is 7.56. The Morgan fingerprint density at radius 1 is 1.70 bits per heavy atom. The molecule has 0 radical (unpaired) electrons. The molecular weight excluding hydrogens is 132 g/mol. The molecule has 0 aliphatic carbocycles. The van der Waals surface area contributed by atoms with Crippen LogP contribution in [0.3, 0.4) is 0 Å². The molecule has 0 bridgehead atoms. The van der Waals surface area contributed by atoms with E-state index in [4.69, 9.17) is 0 Å². The monoisotopic (exact) mass is 140 g/mol. The van der Waals surface area contributed by atoms with Gasteiger partial charge in [-0.3, -0.25) is 14.7 Å². The maximum absolute atomic E-state index is 10.9. The molecule has 1 aromatic heterocycles. The van der Waals surface area contributed by atoms with E-state index in [-0.39, 0.29) is 16.9 Å². The molecule has 10 heavy (non-hydrogen) atoms. The van der Waals surface area contributed by atoms with Crippen molar-refractivity contribution in [2.45, 2.75) is 13.3 Å². The number of nitrogens with one attached hydrogen (secondary N) is 2. The molecule has 0 aliphatic rings. The third-order valence-corrected chi connectivity index (χ3v) is 1.27. The van der Waals surface area contributed by atoms with Gasteiger partial charge in [-0.05, 0) is 0 Å². The summed E-state index contributed by atoms with van der Waals surface area (Å²) in [5, 5.41) is 4.74. The standard InChI is InChI=1S/C6H8N2O2/c1-2-5(9)4-3-7-8-6(4)10/h3H,2H2,1H3,(H2,7,8,10). The van der Waals surface area contributed by atoms with Crippen molar-refractivity contribution < 1.29 is 4.79 Å². The van der Waals surface area contributed by atoms with Crippen molar-refractivity contribution in [3.8, 4) is 0 Å². The van der Waals surface area contributed by atoms with Gasteiger partial charge in [-0.15, -0.1) is 0 Å². The summed E-state index contributed by atoms with van der Waals surface area (Å²) in [4.78, 5) is 21.6. The van der Waals surface area contributed by atoms with Gasteiger partial charge < -0.3 is 5.10 Å². The van der Waals surface area contributed by atoms with E-state index in [9.17, 15) is 9.59 Å². The Bertz CT molecular complexity index is 284. The lowest BCUT2D eigenvalue weighted by molar-refractivity contribution is 0.0987. The summed E-state index contributed by atoms with van der Waals surface area (Å²) in [6.45, 7) is 1.72. The van der Waals surface area contributed by atoms with Crippen molar-refractivity contribution in [2.24, 2.45) is 0 Å². The molecule has 0 unspecified atom stereocenters. The number of carbonyl (C=O) groups excluding carboxylic acids is 1. The Morgan fingerprint density at radius 3 is 2.80 bits per heavy atom. The van der Waals surface area contributed by atoms with Crippen LogP contribution < -0.4 is 5.56 Å². The maximum atomic E-state index is 10.9. The molecule has 1 rings (SSSR count). The van der Waals surface area contributed by atoms with Crippen molar-refractivity contribution in [3.63, 3.8) is 0 Å². The fraction of sp³-hybridized carbons (Fsp3) is 0.333. The minimum Gasteiger partial charge on any atom is -0.305 e. The first-order valence-electron chi connectivity index (χ1n) is 3.05. The molecule has 0 atom stereocenters. The Labute approximate surface area is 57.2 Å². The highest BCUT2D eigenvalue weighted by Gasteiger charge is 2.07. The summed E-state index contributed by atoms with van der Waals surface area (Å²) in [5.41, 5.74) is -0.130. The van der Waals surface area contributed by atoms with Crippen LogP contribution in [0.5, 0.6) is 0 Å². The van der Waals surface area contributed by atoms with Crippen LogP contribution in [-0.4, -0.2) is 16.0 Å². The SMILES string of the molecule is CCC(=O)c1c[nH][nH]c1=O. The van der Waals surface area contributed by atoms with Gasteiger partial charge in [0.15, 0.2) is 5.78 Å². The molecule has 54 valence electrons. The first-order chi connectivity index (χ1) is 4.75. The molecular formula is C6H8N2O2. The van der Waals surface area contributed by atoms with Crippen LogP contribution in [0.4, 0.5) is 0 Å². The fourth-order valence-electron chi connectivity index (χ4n) is 0.704. The smallest absolute Gasteiger partial charge is 0.274 e. The molecule has 0 spiro atoms. The summed E-state index contributed by atoms with van der Waals surface area (Å²) in [6, 6.07) is 0. The lowest BCUT2D eigenvalue weighted by Crippen LogP contribution is -2.10. The molecule has 1 heterocycles. The van der Waals surface area contributed by atoms with Crippen LogP contribution in [-0.2, 0) is 0 Å². The number of aromatic amines is 2. The van der Waals surface area contributed by atoms with E-state index in [1.807, 2.05) is 0 Å². The first kappa shape index (κ1) is 6.80. The quantitative estimate of drug-likeness (QED) is 0.580. The Morgan fingerprint density at radius 2 is 2.40 bits per heavy atom. The Hall–Kier alpha value is -1.32. The Balaban J connectivity index is 3.05. The normalized spacial score (nSPS) is 9.70. The van der Waals surface area contributed by atoms with E-state index >= 15 is 0 Å². The Kier molecular flexibility index (Phi) is 1.71. The zero-order valence-electron chi connectivity index (χ0n) is 5.60. The molecule has 1 aromatic rings. The van der Waals surface area contributed by atoms with Gasteiger partial charge >= 0.3 is 0 Å². The van der Waals surface area contributed by atoms with Crippen LogP contribution in [0.15, 0.2) is 11.0 Å². The van der Waals surface area contributed by atoms with Gasteiger partial charge in [-0.25, -0.2) is 0 Å². The van der Waals surface area contributed by atoms with Gasteiger partial charge in [0.05, 0.1) is 0 Å². The number of H-pyrrole nitrogens is 2. The van der Waals surface area contributed by atoms with Crippen LogP contribution in [0.1, 0.15) is 23.7 Å². The second-order valence-corrected chi connectivity index (χ2v) is 1.93. The van der Waals surface area contributed by atoms with Crippen LogP contribution in [0.25, 0.3) is 0 Å². The number of hydrogen-bond donors (Lipinski definition) is 2. The van der Waals surface area contributed by atoms with Gasteiger partial charge in [-0.2, -0.15) is 0 Å². The zero-order valence-corrected chi connectivity index (χ0v) is 5.60. The third kappa shape index (κ3) is 1.00. The van der Waals surface area contributed by atoms with E-state index in [0.717, 1.165) is 0 Å². The topological polar surface area (TPSA) is 65.7 Å². The molecule has 0 amide bonds. The predicted molar refractivity (Wildman–Crippen MR) is 36.0 cm³/mol. The number of rotatable bonds is 2. The van der Waals surface area contributed by atoms with Crippen LogP contribution >= 0.6 is 0 Å². The molecule has 4 heteroatoms. The number of hydrogen-bond acceptors (Lipinski definition) is 2. The van der Waals surface area contributed by atoms with E-state index in [2.05, 4.69) is 10.2 Å². The highest BCUT2D eigenvalue weighted by atomic mass is 16.1. The largest absolute Gasteiger partial charge is 0.305 e. The minimum atomic E-state index is -0.341. The van der Waals surface area contributed by atoms with Gasteiger partial charge in [0.25, 0.3) is 5.56 Å². The third-order valence-electron chi connectivity index (χ3n) is 1.27. The number of aromatic nitrogens is 2. The van der Waals surface area contributed by atoms with Crippen molar-refractivity contribution in [1.29, 1.82) is 0 Å². The lowest BCUT2D eigenvalue weighted by atomic mass is 10.2. The fourth-order valence-corrected chi connectivity index (χ4v) is 0.704. The van der Waals surface area contributed by atoms with Crippen LogP contribution in [0.2, 0.25) is 0 Å². The summed E-state index contributed by atoms with van der Waals surface area (Å²) < 4.78 is 0. The average molecular weight is 140 g/mol. The van der Waals surface area contributed by atoms with Crippen molar-refractivity contribution in [1.82, 2.24) is 10.2 Å².